The van der Waals surface area contributed by atoms with E-state index in [2.05, 4.69) is 25.3 Å². The van der Waals surface area contributed by atoms with E-state index in [1.165, 1.54) is 16.7 Å². The van der Waals surface area contributed by atoms with Crippen molar-refractivity contribution in [2.75, 3.05) is 38.4 Å². The summed E-state index contributed by atoms with van der Waals surface area (Å²) >= 11 is 8.86. The summed E-state index contributed by atoms with van der Waals surface area (Å²) in [4.78, 5) is 95.1. The molecule has 0 radical (unpaired) electrons. The number of benzene rings is 3. The Hall–Kier alpha value is -7.95. The molecule has 1 fully saturated rings. The predicted octanol–water partition coefficient (Wildman–Crippen LogP) is 9.19. The first kappa shape index (κ1) is 59.2. The van der Waals surface area contributed by atoms with Gasteiger partial charge in [-0.3, -0.25) is 24.6 Å². The smallest absolute Gasteiger partial charge is 0.413 e. The number of β-lactam (4-membered cyclic amide) rings is 1. The molecule has 4 amide bonds. The Balaban J connectivity index is 1.02. The molecular formula is C58H64ClN8O12S2+. The molecule has 0 bridgehead atoms. The van der Waals surface area contributed by atoms with Crippen LogP contribution in [0.5, 0.6) is 5.75 Å². The molecule has 3 aromatic carbocycles. The highest BCUT2D eigenvalue weighted by molar-refractivity contribution is 8.00. The first-order chi connectivity index (χ1) is 38.7. The van der Waals surface area contributed by atoms with Gasteiger partial charge in [-0.15, -0.1) is 11.8 Å². The number of hydrogen-bond acceptors (Lipinski definition) is 16. The maximum atomic E-state index is 14.5. The standard InChI is InChI=1S/C58H63ClN8O12S2/c1-57(2,3)78-55(72)62-54-61-44(49(59)81-54)45(63-76-32-27-43(68)77-48(37-17-11-9-12-18-37)38-19-13-10-14-20-38)50(69)60-46-51(70)67-47(53(71)75-34-36-22-24-40(74-8)25-23-36)39(35-80-52(46)67)33-66-29-15-21-41-42(66)26-31-65(41)30-16-28-64(7)56(73)79-58(4,5)6/h9-15,17-26,29,31,46,48,52H,16,27-28,30,32-35H2,1-8H3,(H-,60,61,62,69,72)/p+1/b63-45-. The van der Waals surface area contributed by atoms with Gasteiger partial charge in [0.1, 0.15) is 62.8 Å². The minimum Gasteiger partial charge on any atom is -0.497 e. The van der Waals surface area contributed by atoms with Crippen LogP contribution in [0, 0.1) is 0 Å². The van der Waals surface area contributed by atoms with Crippen molar-refractivity contribution in [1.29, 1.82) is 0 Å². The number of anilines is 1. The predicted molar refractivity (Wildman–Crippen MR) is 305 cm³/mol. The number of thiazole rings is 1. The normalized spacial score (nSPS) is 15.4. The average Bonchev–Trinajstić information content (AvgIpc) is 4.02. The molecule has 20 nitrogen and oxygen atoms in total. The number of esters is 2. The number of aryl methyl sites for hydroxylation is 1. The Labute approximate surface area is 482 Å². The second-order valence-corrected chi connectivity index (χ2v) is 23.6. The second kappa shape index (κ2) is 26.1. The fourth-order valence-electron chi connectivity index (χ4n) is 8.70. The molecule has 23 heteroatoms. The van der Waals surface area contributed by atoms with Crippen LogP contribution in [0.3, 0.4) is 0 Å². The zero-order chi connectivity index (χ0) is 58.0. The van der Waals surface area contributed by atoms with Crippen molar-refractivity contribution in [1.82, 2.24) is 24.7 Å². The number of pyridine rings is 1. The number of aromatic nitrogens is 3. The molecule has 2 aliphatic heterocycles. The third-order valence-corrected chi connectivity index (χ3v) is 15.0. The van der Waals surface area contributed by atoms with Gasteiger partial charge in [-0.1, -0.05) is 101 Å². The van der Waals surface area contributed by atoms with E-state index in [1.54, 1.807) is 64.1 Å². The Morgan fingerprint density at radius 1 is 0.901 bits per heavy atom. The summed E-state index contributed by atoms with van der Waals surface area (Å²) in [7, 11) is 3.26. The number of halogens is 1. The van der Waals surface area contributed by atoms with Gasteiger partial charge in [0.15, 0.2) is 29.7 Å². The number of amides is 4. The topological polar surface area (TPSA) is 222 Å². The van der Waals surface area contributed by atoms with Crippen LogP contribution in [-0.4, -0.2) is 117 Å². The summed E-state index contributed by atoms with van der Waals surface area (Å²) in [5.74, 6) is -2.00. The summed E-state index contributed by atoms with van der Waals surface area (Å²) in [5, 5.41) is 8.59. The zero-order valence-corrected chi connectivity index (χ0v) is 48.5. The number of nitrogens with one attached hydrogen (secondary N) is 2. The van der Waals surface area contributed by atoms with Gasteiger partial charge in [0.25, 0.3) is 11.8 Å². The van der Waals surface area contributed by atoms with Crippen molar-refractivity contribution >= 4 is 92.5 Å². The molecule has 2 atom stereocenters. The van der Waals surface area contributed by atoms with Crippen molar-refractivity contribution in [3.8, 4) is 5.75 Å². The summed E-state index contributed by atoms with van der Waals surface area (Å²) < 4.78 is 32.1. The third-order valence-electron chi connectivity index (χ3n) is 12.5. The summed E-state index contributed by atoms with van der Waals surface area (Å²) in [6.07, 6.45) is 2.30. The number of rotatable bonds is 21. The molecule has 426 valence electrons. The number of ether oxygens (including phenoxy) is 5. The van der Waals surface area contributed by atoms with Gasteiger partial charge in [-0.2, -0.15) is 4.57 Å². The molecule has 0 saturated carbocycles. The molecule has 0 spiro atoms. The maximum Gasteiger partial charge on any atom is 0.413 e. The average molecular weight is 1160 g/mol. The van der Waals surface area contributed by atoms with Crippen LogP contribution in [0.1, 0.15) is 82.9 Å². The minimum absolute atomic E-state index is 0.0290. The largest absolute Gasteiger partial charge is 0.497 e. The monoisotopic (exact) mass is 1160 g/mol. The SMILES string of the molecule is COc1ccc(COC(=O)C2=C(C[n+]3cccc4c3ccn4CCCN(C)C(=O)OC(C)(C)C)CSC3C(NC(=O)/C(=N\OCCC(=O)OC(c4ccccc4)c4ccccc4)c4nc(NC(=O)OC(C)(C)C)sc4Cl)C(=O)N23)cc1. The van der Waals surface area contributed by atoms with Crippen molar-refractivity contribution in [3.05, 3.63) is 154 Å². The lowest BCUT2D eigenvalue weighted by atomic mass is 10.0. The van der Waals surface area contributed by atoms with Gasteiger partial charge >= 0.3 is 24.1 Å². The number of hydrogen-bond donors (Lipinski definition) is 2. The van der Waals surface area contributed by atoms with Gasteiger partial charge in [0.2, 0.25) is 5.52 Å². The van der Waals surface area contributed by atoms with Crippen LogP contribution in [0.25, 0.3) is 11.0 Å². The first-order valence-electron chi connectivity index (χ1n) is 26.0. The van der Waals surface area contributed by atoms with Crippen LogP contribution < -0.4 is 19.9 Å². The van der Waals surface area contributed by atoms with Crippen LogP contribution in [0.4, 0.5) is 14.7 Å². The minimum atomic E-state index is -1.18. The lowest BCUT2D eigenvalue weighted by molar-refractivity contribution is -0.663. The summed E-state index contributed by atoms with van der Waals surface area (Å²) in [5.41, 5.74) is 2.51. The molecule has 1 saturated heterocycles. The number of methoxy groups -OCH3 is 1. The molecule has 3 aromatic heterocycles. The lowest BCUT2D eigenvalue weighted by Gasteiger charge is -2.49. The van der Waals surface area contributed by atoms with Crippen molar-refractivity contribution in [2.45, 2.75) is 103 Å². The molecule has 2 unspecified atom stereocenters. The molecule has 81 heavy (non-hydrogen) atoms. The Kier molecular flexibility index (Phi) is 19.1. The van der Waals surface area contributed by atoms with Crippen molar-refractivity contribution in [3.63, 3.8) is 0 Å². The van der Waals surface area contributed by atoms with E-state index in [9.17, 15) is 28.8 Å². The molecule has 2 aliphatic rings. The number of thioether (sulfide) groups is 1. The maximum absolute atomic E-state index is 14.5. The van der Waals surface area contributed by atoms with E-state index in [-0.39, 0.29) is 52.8 Å². The Bertz CT molecular complexity index is 3280. The van der Waals surface area contributed by atoms with E-state index in [0.717, 1.165) is 33.5 Å². The number of oxime groups is 1. The first-order valence-corrected chi connectivity index (χ1v) is 28.3. The molecule has 0 aliphatic carbocycles. The fraction of sp³-hybridized carbons (Fsp3) is 0.362. The molecular weight excluding hydrogens is 1100 g/mol. The third kappa shape index (κ3) is 15.3. The van der Waals surface area contributed by atoms with Gasteiger partial charge in [-0.05, 0) is 82.9 Å². The highest BCUT2D eigenvalue weighted by Crippen LogP contribution is 2.41. The number of carbonyl (C=O) groups excluding carboxylic acids is 6. The highest BCUT2D eigenvalue weighted by atomic mass is 35.5. The van der Waals surface area contributed by atoms with Crippen molar-refractivity contribution in [2.24, 2.45) is 5.16 Å². The number of fused-ring (bicyclic) bond motifs is 2. The fourth-order valence-corrected chi connectivity index (χ4v) is 11.1. The summed E-state index contributed by atoms with van der Waals surface area (Å²) in [6, 6.07) is 30.2. The second-order valence-electron chi connectivity index (χ2n) is 20.9. The Morgan fingerprint density at radius 2 is 1.58 bits per heavy atom. The number of nitrogens with zero attached hydrogens (tertiary/aromatic N) is 6. The van der Waals surface area contributed by atoms with Gasteiger partial charge in [0, 0.05) is 49.8 Å². The highest BCUT2D eigenvalue weighted by Gasteiger charge is 2.55. The van der Waals surface area contributed by atoms with E-state index >= 15 is 0 Å². The van der Waals surface area contributed by atoms with Crippen LogP contribution in [0.15, 0.2) is 132 Å². The van der Waals surface area contributed by atoms with Gasteiger partial charge in [-0.25, -0.2) is 19.4 Å². The van der Waals surface area contributed by atoms with Crippen LogP contribution in [-0.2, 0) is 62.7 Å². The van der Waals surface area contributed by atoms with E-state index < -0.39 is 70.4 Å². The quantitative estimate of drug-likeness (QED) is 0.0130. The van der Waals surface area contributed by atoms with E-state index in [4.69, 9.17) is 40.1 Å². The lowest BCUT2D eigenvalue weighted by Crippen LogP contribution is -2.71. The van der Waals surface area contributed by atoms with Crippen LogP contribution in [0.2, 0.25) is 4.34 Å². The molecule has 5 heterocycles. The Morgan fingerprint density at radius 3 is 2.23 bits per heavy atom. The number of carbonyl (C=O) groups is 6. The van der Waals surface area contributed by atoms with Gasteiger partial charge < -0.3 is 43.3 Å². The van der Waals surface area contributed by atoms with Crippen LogP contribution >= 0.6 is 34.7 Å². The molecule has 8 rings (SSSR count). The van der Waals surface area contributed by atoms with Gasteiger partial charge in [0.05, 0.1) is 13.5 Å². The van der Waals surface area contributed by atoms with E-state index in [0.29, 0.717) is 36.4 Å². The summed E-state index contributed by atoms with van der Waals surface area (Å²) in [6.45, 7) is 11.4. The van der Waals surface area contributed by atoms with Crippen molar-refractivity contribution < 1.29 is 61.9 Å². The van der Waals surface area contributed by atoms with E-state index in [1.807, 2.05) is 117 Å². The zero-order valence-electron chi connectivity index (χ0n) is 46.1. The molecule has 2 N–H and O–H groups in total. The molecule has 6 aromatic rings.